The van der Waals surface area contributed by atoms with Crippen LogP contribution in [0.15, 0.2) is 78.9 Å². The predicted molar refractivity (Wildman–Crippen MR) is 119 cm³/mol. The number of rotatable bonds is 9. The fourth-order valence-electron chi connectivity index (χ4n) is 2.96. The highest BCUT2D eigenvalue weighted by atomic mass is 16.5. The molecule has 2 amide bonds. The largest absolute Gasteiger partial charge is 0.493 e. The first-order chi connectivity index (χ1) is 14.7. The highest BCUT2D eigenvalue weighted by Crippen LogP contribution is 2.22. The number of nitrogens with one attached hydrogen (secondary N) is 2. The van der Waals surface area contributed by atoms with Crippen molar-refractivity contribution < 1.29 is 14.3 Å². The highest BCUT2D eigenvalue weighted by molar-refractivity contribution is 6.10. The maximum Gasteiger partial charge on any atom is 0.259 e. The second kappa shape index (κ2) is 10.8. The van der Waals surface area contributed by atoms with Crippen LogP contribution in [-0.4, -0.2) is 18.4 Å². The van der Waals surface area contributed by atoms with Crippen molar-refractivity contribution in [1.29, 1.82) is 0 Å². The Balaban J connectivity index is 1.72. The average molecular weight is 402 g/mol. The smallest absolute Gasteiger partial charge is 0.259 e. The molecular formula is C25H26N2O3. The van der Waals surface area contributed by atoms with Gasteiger partial charge in [-0.2, -0.15) is 0 Å². The molecule has 0 aliphatic carbocycles. The quantitative estimate of drug-likeness (QED) is 0.492. The van der Waals surface area contributed by atoms with Crippen molar-refractivity contribution >= 4 is 17.5 Å². The fraction of sp³-hybridized carbons (Fsp3) is 0.200. The first-order valence-electron chi connectivity index (χ1n) is 10.1. The van der Waals surface area contributed by atoms with E-state index in [2.05, 4.69) is 17.6 Å². The molecule has 2 N–H and O–H groups in total. The lowest BCUT2D eigenvalue weighted by Gasteiger charge is -2.14. The van der Waals surface area contributed by atoms with E-state index >= 15 is 0 Å². The lowest BCUT2D eigenvalue weighted by molar-refractivity contribution is 0.0952. The summed E-state index contributed by atoms with van der Waals surface area (Å²) in [6.07, 6.45) is 1.93. The molecule has 3 rings (SSSR count). The number of hydrogen-bond acceptors (Lipinski definition) is 3. The van der Waals surface area contributed by atoms with Gasteiger partial charge in [0.2, 0.25) is 0 Å². The third kappa shape index (κ3) is 5.70. The van der Waals surface area contributed by atoms with Crippen LogP contribution in [0.5, 0.6) is 5.75 Å². The van der Waals surface area contributed by atoms with Crippen LogP contribution in [-0.2, 0) is 6.54 Å². The van der Waals surface area contributed by atoms with Gasteiger partial charge >= 0.3 is 0 Å². The SMILES string of the molecule is CCCCOc1ccccc1C(=O)Nc1ccccc1C(=O)NCc1ccccc1. The Labute approximate surface area is 177 Å². The van der Waals surface area contributed by atoms with E-state index in [4.69, 9.17) is 4.74 Å². The number of para-hydroxylation sites is 2. The molecule has 5 heteroatoms. The van der Waals surface area contributed by atoms with E-state index in [-0.39, 0.29) is 11.8 Å². The number of unbranched alkanes of at least 4 members (excludes halogenated alkanes) is 1. The summed E-state index contributed by atoms with van der Waals surface area (Å²) >= 11 is 0. The number of anilines is 1. The zero-order valence-corrected chi connectivity index (χ0v) is 17.1. The molecule has 5 nitrogen and oxygen atoms in total. The standard InChI is InChI=1S/C25H26N2O3/c1-2-3-17-30-23-16-10-8-14-21(23)25(29)27-22-15-9-7-13-20(22)24(28)26-18-19-11-5-4-6-12-19/h4-16H,2-3,17-18H2,1H3,(H,26,28)(H,27,29). The van der Waals surface area contributed by atoms with E-state index < -0.39 is 0 Å². The maximum absolute atomic E-state index is 12.9. The molecule has 0 fully saturated rings. The van der Waals surface area contributed by atoms with Gasteiger partial charge < -0.3 is 15.4 Å². The van der Waals surface area contributed by atoms with Gasteiger partial charge in [0, 0.05) is 6.54 Å². The molecule has 0 radical (unpaired) electrons. The normalized spacial score (nSPS) is 10.3. The van der Waals surface area contributed by atoms with Crippen LogP contribution in [0.3, 0.4) is 0 Å². The lowest BCUT2D eigenvalue weighted by atomic mass is 10.1. The maximum atomic E-state index is 12.9. The molecule has 3 aromatic rings. The van der Waals surface area contributed by atoms with Crippen molar-refractivity contribution in [3.63, 3.8) is 0 Å². The number of carbonyl (C=O) groups is 2. The van der Waals surface area contributed by atoms with E-state index in [1.807, 2.05) is 36.4 Å². The Morgan fingerprint density at radius 1 is 0.800 bits per heavy atom. The molecule has 0 atom stereocenters. The zero-order valence-electron chi connectivity index (χ0n) is 17.1. The van der Waals surface area contributed by atoms with Gasteiger partial charge in [0.1, 0.15) is 5.75 Å². The Hall–Kier alpha value is -3.60. The van der Waals surface area contributed by atoms with Gasteiger partial charge in [-0.25, -0.2) is 0 Å². The van der Waals surface area contributed by atoms with E-state index in [0.717, 1.165) is 18.4 Å². The van der Waals surface area contributed by atoms with E-state index in [9.17, 15) is 9.59 Å². The first kappa shape index (κ1) is 21.1. The van der Waals surface area contributed by atoms with Crippen LogP contribution in [0, 0.1) is 0 Å². The molecule has 0 aromatic heterocycles. The Bertz CT molecular complexity index is 986. The van der Waals surface area contributed by atoms with Crippen LogP contribution in [0.25, 0.3) is 0 Å². The van der Waals surface area contributed by atoms with Gasteiger partial charge in [0.25, 0.3) is 11.8 Å². The molecule has 0 bridgehead atoms. The Morgan fingerprint density at radius 3 is 2.23 bits per heavy atom. The molecule has 0 aliphatic rings. The molecule has 0 heterocycles. The summed E-state index contributed by atoms with van der Waals surface area (Å²) in [5.74, 6) is -0.0258. The Morgan fingerprint density at radius 2 is 1.47 bits per heavy atom. The molecule has 0 unspecified atom stereocenters. The average Bonchev–Trinajstić information content (AvgIpc) is 2.79. The van der Waals surface area contributed by atoms with Gasteiger partial charge in [-0.3, -0.25) is 9.59 Å². The molecule has 0 saturated carbocycles. The molecule has 0 aliphatic heterocycles. The van der Waals surface area contributed by atoms with Crippen LogP contribution in [0.4, 0.5) is 5.69 Å². The minimum absolute atomic E-state index is 0.248. The van der Waals surface area contributed by atoms with Gasteiger partial charge in [-0.1, -0.05) is 67.9 Å². The number of ether oxygens (including phenoxy) is 1. The summed E-state index contributed by atoms with van der Waals surface area (Å²) in [4.78, 5) is 25.6. The zero-order chi connectivity index (χ0) is 21.2. The van der Waals surface area contributed by atoms with Crippen molar-refractivity contribution in [2.45, 2.75) is 26.3 Å². The Kier molecular flexibility index (Phi) is 7.61. The van der Waals surface area contributed by atoms with Crippen LogP contribution >= 0.6 is 0 Å². The number of carbonyl (C=O) groups excluding carboxylic acids is 2. The van der Waals surface area contributed by atoms with Crippen molar-refractivity contribution in [3.8, 4) is 5.75 Å². The summed E-state index contributed by atoms with van der Waals surface area (Å²) < 4.78 is 5.76. The second-order valence-corrected chi connectivity index (χ2v) is 6.87. The summed E-state index contributed by atoms with van der Waals surface area (Å²) in [5.41, 5.74) is 2.31. The third-order valence-electron chi connectivity index (χ3n) is 4.60. The topological polar surface area (TPSA) is 67.4 Å². The van der Waals surface area contributed by atoms with Crippen molar-refractivity contribution in [2.75, 3.05) is 11.9 Å². The highest BCUT2D eigenvalue weighted by Gasteiger charge is 2.16. The minimum atomic E-state index is -0.314. The predicted octanol–water partition coefficient (Wildman–Crippen LogP) is 5.05. The summed E-state index contributed by atoms with van der Waals surface area (Å²) in [7, 11) is 0. The summed E-state index contributed by atoms with van der Waals surface area (Å²) in [5, 5.41) is 5.76. The molecule has 3 aromatic carbocycles. The molecule has 0 saturated heterocycles. The third-order valence-corrected chi connectivity index (χ3v) is 4.60. The van der Waals surface area contributed by atoms with Gasteiger partial charge in [-0.05, 0) is 36.2 Å². The van der Waals surface area contributed by atoms with Crippen LogP contribution < -0.4 is 15.4 Å². The molecular weight excluding hydrogens is 376 g/mol. The van der Waals surface area contributed by atoms with E-state index in [1.165, 1.54) is 0 Å². The monoisotopic (exact) mass is 402 g/mol. The summed E-state index contributed by atoms with van der Waals surface area (Å²) in [6.45, 7) is 3.05. The van der Waals surface area contributed by atoms with E-state index in [0.29, 0.717) is 35.7 Å². The molecule has 30 heavy (non-hydrogen) atoms. The van der Waals surface area contributed by atoms with Crippen LogP contribution in [0.2, 0.25) is 0 Å². The van der Waals surface area contributed by atoms with Crippen molar-refractivity contribution in [3.05, 3.63) is 95.6 Å². The number of hydrogen-bond donors (Lipinski definition) is 2. The van der Waals surface area contributed by atoms with E-state index in [1.54, 1.807) is 42.5 Å². The second-order valence-electron chi connectivity index (χ2n) is 6.87. The van der Waals surface area contributed by atoms with Crippen LogP contribution in [0.1, 0.15) is 46.0 Å². The number of benzene rings is 3. The molecule has 0 spiro atoms. The summed E-state index contributed by atoms with van der Waals surface area (Å²) in [6, 6.07) is 23.8. The van der Waals surface area contributed by atoms with Crippen molar-refractivity contribution in [1.82, 2.24) is 5.32 Å². The minimum Gasteiger partial charge on any atom is -0.493 e. The first-order valence-corrected chi connectivity index (χ1v) is 10.1. The number of amides is 2. The fourth-order valence-corrected chi connectivity index (χ4v) is 2.96. The van der Waals surface area contributed by atoms with Gasteiger partial charge in [0.05, 0.1) is 23.4 Å². The van der Waals surface area contributed by atoms with Gasteiger partial charge in [0.15, 0.2) is 0 Å². The van der Waals surface area contributed by atoms with Gasteiger partial charge in [-0.15, -0.1) is 0 Å². The lowest BCUT2D eigenvalue weighted by Crippen LogP contribution is -2.25. The van der Waals surface area contributed by atoms with Crippen molar-refractivity contribution in [2.24, 2.45) is 0 Å². The molecule has 154 valence electrons.